The van der Waals surface area contributed by atoms with Crippen LogP contribution in [0, 0.1) is 20.8 Å². The molecule has 7 nitrogen and oxygen atoms in total. The Morgan fingerprint density at radius 2 is 1.34 bits per heavy atom. The van der Waals surface area contributed by atoms with E-state index in [1.165, 1.54) is 6.92 Å². The van der Waals surface area contributed by atoms with Crippen LogP contribution in [0.2, 0.25) is 0 Å². The van der Waals surface area contributed by atoms with Gasteiger partial charge in [0.1, 0.15) is 0 Å². The predicted molar refractivity (Wildman–Crippen MR) is 116 cm³/mol. The van der Waals surface area contributed by atoms with Crippen LogP contribution in [0.25, 0.3) is 0 Å². The lowest BCUT2D eigenvalue weighted by atomic mass is 10.1. The Bertz CT molecular complexity index is 901. The molecule has 0 bridgehead atoms. The minimum absolute atomic E-state index is 0.0592. The third-order valence-electron chi connectivity index (χ3n) is 4.24. The standard InChI is InChI=1S/C22H28N4O3/c1-14-9-15(2)22(16(3)10-14)25-21(29)13-26(5)12-20(28)24-19-8-6-7-18(11-19)23-17(4)27/h6-11H,12-13H2,1-5H3,(H,23,27)(H,24,28)(H,25,29). The zero-order valence-corrected chi connectivity index (χ0v) is 17.6. The van der Waals surface area contributed by atoms with E-state index in [0.29, 0.717) is 11.4 Å². The molecule has 0 saturated carbocycles. The van der Waals surface area contributed by atoms with Crippen molar-refractivity contribution in [1.82, 2.24) is 4.90 Å². The van der Waals surface area contributed by atoms with E-state index < -0.39 is 0 Å². The summed E-state index contributed by atoms with van der Waals surface area (Å²) in [5.74, 6) is -0.607. The first kappa shape index (κ1) is 22.1. The third-order valence-corrected chi connectivity index (χ3v) is 4.24. The molecule has 0 radical (unpaired) electrons. The largest absolute Gasteiger partial charge is 0.326 e. The van der Waals surface area contributed by atoms with Crippen molar-refractivity contribution in [2.75, 3.05) is 36.1 Å². The molecule has 2 rings (SSSR count). The summed E-state index contributed by atoms with van der Waals surface area (Å²) in [5, 5.41) is 8.37. The fourth-order valence-corrected chi connectivity index (χ4v) is 3.18. The smallest absolute Gasteiger partial charge is 0.238 e. The second-order valence-electron chi connectivity index (χ2n) is 7.30. The van der Waals surface area contributed by atoms with Crippen LogP contribution in [-0.2, 0) is 14.4 Å². The molecule has 0 aromatic heterocycles. The van der Waals surface area contributed by atoms with Gasteiger partial charge in [-0.1, -0.05) is 23.8 Å². The summed E-state index contributed by atoms with van der Waals surface area (Å²) in [4.78, 5) is 37.4. The van der Waals surface area contributed by atoms with Gasteiger partial charge in [-0.2, -0.15) is 0 Å². The molecule has 0 aliphatic carbocycles. The number of amides is 3. The predicted octanol–water partition coefficient (Wildman–Crippen LogP) is 3.08. The number of carbonyl (C=O) groups excluding carboxylic acids is 3. The van der Waals surface area contributed by atoms with Gasteiger partial charge in [-0.25, -0.2) is 0 Å². The van der Waals surface area contributed by atoms with Crippen LogP contribution in [0.15, 0.2) is 36.4 Å². The number of aryl methyl sites for hydroxylation is 3. The van der Waals surface area contributed by atoms with E-state index >= 15 is 0 Å². The van der Waals surface area contributed by atoms with Crippen LogP contribution < -0.4 is 16.0 Å². The second-order valence-corrected chi connectivity index (χ2v) is 7.30. The van der Waals surface area contributed by atoms with Crippen molar-refractivity contribution in [1.29, 1.82) is 0 Å². The molecule has 0 saturated heterocycles. The van der Waals surface area contributed by atoms with Gasteiger partial charge in [0.2, 0.25) is 17.7 Å². The first-order chi connectivity index (χ1) is 13.6. The molecule has 2 aromatic rings. The molecule has 154 valence electrons. The first-order valence-corrected chi connectivity index (χ1v) is 9.38. The van der Waals surface area contributed by atoms with Crippen molar-refractivity contribution in [3.05, 3.63) is 53.1 Å². The molecule has 3 N–H and O–H groups in total. The SMILES string of the molecule is CC(=O)Nc1cccc(NC(=O)CN(C)CC(=O)Nc2c(C)cc(C)cc2C)c1. The topological polar surface area (TPSA) is 90.5 Å². The van der Waals surface area contributed by atoms with Crippen molar-refractivity contribution in [2.45, 2.75) is 27.7 Å². The zero-order valence-electron chi connectivity index (χ0n) is 17.6. The van der Waals surface area contributed by atoms with Gasteiger partial charge >= 0.3 is 0 Å². The molecule has 7 heteroatoms. The van der Waals surface area contributed by atoms with E-state index in [1.807, 2.05) is 32.9 Å². The Labute approximate surface area is 171 Å². The molecule has 0 heterocycles. The van der Waals surface area contributed by atoms with Crippen LogP contribution in [0.5, 0.6) is 0 Å². The quantitative estimate of drug-likeness (QED) is 0.671. The van der Waals surface area contributed by atoms with Crippen LogP contribution >= 0.6 is 0 Å². The average Bonchev–Trinajstić information content (AvgIpc) is 2.57. The summed E-state index contributed by atoms with van der Waals surface area (Å²) in [6, 6.07) is 10.9. The van der Waals surface area contributed by atoms with Crippen molar-refractivity contribution in [3.63, 3.8) is 0 Å². The van der Waals surface area contributed by atoms with Crippen molar-refractivity contribution in [3.8, 4) is 0 Å². The van der Waals surface area contributed by atoms with E-state index in [1.54, 1.807) is 36.2 Å². The lowest BCUT2D eigenvalue weighted by Gasteiger charge is -2.18. The summed E-state index contributed by atoms with van der Waals surface area (Å²) in [5.41, 5.74) is 5.16. The van der Waals surface area contributed by atoms with Gasteiger partial charge in [0, 0.05) is 24.0 Å². The molecule has 0 atom stereocenters. The lowest BCUT2D eigenvalue weighted by Crippen LogP contribution is -2.36. The third kappa shape index (κ3) is 7.04. The summed E-state index contributed by atoms with van der Waals surface area (Å²) >= 11 is 0. The van der Waals surface area contributed by atoms with Gasteiger partial charge in [0.05, 0.1) is 13.1 Å². The van der Waals surface area contributed by atoms with Crippen LogP contribution in [-0.4, -0.2) is 42.8 Å². The van der Waals surface area contributed by atoms with Gasteiger partial charge in [-0.05, 0) is 57.1 Å². The monoisotopic (exact) mass is 396 g/mol. The van der Waals surface area contributed by atoms with Gasteiger partial charge in [-0.15, -0.1) is 0 Å². The van der Waals surface area contributed by atoms with Gasteiger partial charge in [-0.3, -0.25) is 19.3 Å². The zero-order chi connectivity index (χ0) is 21.6. The van der Waals surface area contributed by atoms with Crippen molar-refractivity contribution >= 4 is 34.8 Å². The molecule has 0 fully saturated rings. The Kier molecular flexibility index (Phi) is 7.50. The maximum Gasteiger partial charge on any atom is 0.238 e. The van der Waals surface area contributed by atoms with Gasteiger partial charge < -0.3 is 16.0 Å². The van der Waals surface area contributed by atoms with E-state index in [2.05, 4.69) is 16.0 Å². The minimum atomic E-state index is -0.247. The highest BCUT2D eigenvalue weighted by Gasteiger charge is 2.13. The maximum absolute atomic E-state index is 12.4. The van der Waals surface area contributed by atoms with Crippen molar-refractivity contribution in [2.24, 2.45) is 0 Å². The first-order valence-electron chi connectivity index (χ1n) is 9.38. The van der Waals surface area contributed by atoms with E-state index in [9.17, 15) is 14.4 Å². The van der Waals surface area contributed by atoms with Crippen LogP contribution in [0.1, 0.15) is 23.6 Å². The second kappa shape index (κ2) is 9.84. The normalized spacial score (nSPS) is 10.6. The van der Waals surface area contributed by atoms with E-state index in [0.717, 1.165) is 22.4 Å². The molecule has 0 aliphatic rings. The number of benzene rings is 2. The summed E-state index contributed by atoms with van der Waals surface area (Å²) in [6.45, 7) is 7.51. The Balaban J connectivity index is 1.88. The fourth-order valence-electron chi connectivity index (χ4n) is 3.18. The highest BCUT2D eigenvalue weighted by molar-refractivity contribution is 5.96. The molecule has 0 spiro atoms. The average molecular weight is 396 g/mol. The van der Waals surface area contributed by atoms with Crippen LogP contribution in [0.3, 0.4) is 0 Å². The number of hydrogen-bond acceptors (Lipinski definition) is 4. The molecule has 0 unspecified atom stereocenters. The summed E-state index contributed by atoms with van der Waals surface area (Å²) in [6.07, 6.45) is 0. The molecule has 2 aromatic carbocycles. The Hall–Kier alpha value is -3.19. The number of nitrogens with zero attached hydrogens (tertiary/aromatic N) is 1. The molecular weight excluding hydrogens is 368 g/mol. The number of rotatable bonds is 7. The highest BCUT2D eigenvalue weighted by Crippen LogP contribution is 2.21. The summed E-state index contributed by atoms with van der Waals surface area (Å²) < 4.78 is 0. The minimum Gasteiger partial charge on any atom is -0.326 e. The Morgan fingerprint density at radius 1 is 0.828 bits per heavy atom. The maximum atomic E-state index is 12.4. The van der Waals surface area contributed by atoms with Gasteiger partial charge in [0.25, 0.3) is 0 Å². The summed E-state index contributed by atoms with van der Waals surface area (Å²) in [7, 11) is 1.71. The van der Waals surface area contributed by atoms with Crippen molar-refractivity contribution < 1.29 is 14.4 Å². The number of hydrogen-bond donors (Lipinski definition) is 3. The number of carbonyl (C=O) groups is 3. The van der Waals surface area contributed by atoms with Gasteiger partial charge in [0.15, 0.2) is 0 Å². The Morgan fingerprint density at radius 3 is 1.90 bits per heavy atom. The molecule has 0 aliphatic heterocycles. The van der Waals surface area contributed by atoms with E-state index in [4.69, 9.17) is 0 Å². The molecular formula is C22H28N4O3. The van der Waals surface area contributed by atoms with Crippen LogP contribution in [0.4, 0.5) is 17.1 Å². The lowest BCUT2D eigenvalue weighted by molar-refractivity contribution is -0.119. The fraction of sp³-hybridized carbons (Fsp3) is 0.318. The number of nitrogens with one attached hydrogen (secondary N) is 3. The highest BCUT2D eigenvalue weighted by atomic mass is 16.2. The number of anilines is 3. The number of likely N-dealkylation sites (N-methyl/N-ethyl adjacent to an activating group) is 1. The molecule has 3 amide bonds. The van der Waals surface area contributed by atoms with E-state index in [-0.39, 0.29) is 30.8 Å². The molecule has 29 heavy (non-hydrogen) atoms.